The van der Waals surface area contributed by atoms with E-state index in [9.17, 15) is 18.0 Å². The SMILES string of the molecule is CN(C)C(=O)NC1CCC(CCN2CCN(c3cccc4sccc34)[C@H](C(F)(F)F)C2)CC1. The summed E-state index contributed by atoms with van der Waals surface area (Å²) in [4.78, 5) is 16.9. The summed E-state index contributed by atoms with van der Waals surface area (Å²) in [6, 6.07) is 6.20. The Bertz CT molecular complexity index is 939. The van der Waals surface area contributed by atoms with Crippen LogP contribution in [0.5, 0.6) is 0 Å². The third kappa shape index (κ3) is 5.74. The standard InChI is InChI=1S/C24H33F3N4OS/c1-29(2)23(32)28-18-8-6-17(7-9-18)10-12-30-13-14-31(22(16-30)24(25,26)27)20-4-3-5-21-19(20)11-15-33-21/h3-5,11,15,17-18,22H,6-10,12-14,16H2,1-2H3,(H,28,32)/t17?,18?,22-/m0/s1. The molecule has 2 heterocycles. The van der Waals surface area contributed by atoms with Gasteiger partial charge in [-0.2, -0.15) is 13.2 Å². The number of nitrogens with zero attached hydrogens (tertiary/aromatic N) is 3. The summed E-state index contributed by atoms with van der Waals surface area (Å²) in [6.07, 6.45) is 0.544. The molecule has 1 aromatic heterocycles. The molecule has 1 aromatic carbocycles. The van der Waals surface area contributed by atoms with Gasteiger partial charge >= 0.3 is 12.2 Å². The summed E-state index contributed by atoms with van der Waals surface area (Å²) in [6.45, 7) is 1.73. The lowest BCUT2D eigenvalue weighted by molar-refractivity contribution is -0.156. The maximum absolute atomic E-state index is 14.1. The third-order valence-corrected chi connectivity index (χ3v) is 7.94. The molecule has 0 bridgehead atoms. The monoisotopic (exact) mass is 482 g/mol. The van der Waals surface area contributed by atoms with Crippen LogP contribution in [0.1, 0.15) is 32.1 Å². The maximum atomic E-state index is 14.1. The molecule has 0 unspecified atom stereocenters. The van der Waals surface area contributed by atoms with Crippen LogP contribution >= 0.6 is 11.3 Å². The number of carbonyl (C=O) groups excluding carboxylic acids is 1. The van der Waals surface area contributed by atoms with E-state index in [1.165, 1.54) is 0 Å². The first kappa shape index (κ1) is 24.1. The van der Waals surface area contributed by atoms with Crippen molar-refractivity contribution in [1.29, 1.82) is 0 Å². The topological polar surface area (TPSA) is 38.8 Å². The van der Waals surface area contributed by atoms with Gasteiger partial charge in [-0.1, -0.05) is 6.07 Å². The second-order valence-corrected chi connectivity index (χ2v) is 10.5. The Balaban J connectivity index is 1.32. The largest absolute Gasteiger partial charge is 0.409 e. The molecule has 33 heavy (non-hydrogen) atoms. The Morgan fingerprint density at radius 1 is 1.15 bits per heavy atom. The van der Waals surface area contributed by atoms with Crippen molar-refractivity contribution in [3.63, 3.8) is 0 Å². The predicted octanol–water partition coefficient (Wildman–Crippen LogP) is 5.17. The molecule has 2 amide bonds. The molecule has 5 nitrogen and oxygen atoms in total. The number of carbonyl (C=O) groups is 1. The Hall–Kier alpha value is -2.00. The van der Waals surface area contributed by atoms with Crippen molar-refractivity contribution in [3.8, 4) is 0 Å². The number of hydrogen-bond acceptors (Lipinski definition) is 4. The van der Waals surface area contributed by atoms with Crippen molar-refractivity contribution in [3.05, 3.63) is 29.6 Å². The highest BCUT2D eigenvalue weighted by Crippen LogP contribution is 2.37. The fourth-order valence-corrected chi connectivity index (χ4v) is 5.91. The van der Waals surface area contributed by atoms with Gasteiger partial charge in [0.1, 0.15) is 6.04 Å². The molecule has 0 radical (unpaired) electrons. The summed E-state index contributed by atoms with van der Waals surface area (Å²) in [7, 11) is 3.46. The van der Waals surface area contributed by atoms with E-state index in [0.717, 1.165) is 42.2 Å². The molecule has 2 fully saturated rings. The number of benzene rings is 1. The normalized spacial score (nSPS) is 24.8. The van der Waals surface area contributed by atoms with E-state index in [1.54, 1.807) is 35.2 Å². The number of rotatable bonds is 5. The second kappa shape index (κ2) is 10.1. The summed E-state index contributed by atoms with van der Waals surface area (Å²) in [5.41, 5.74) is 0.689. The Kier molecular flexibility index (Phi) is 7.38. The smallest absolute Gasteiger partial charge is 0.357 e. The van der Waals surface area contributed by atoms with Crippen LogP contribution in [0.4, 0.5) is 23.7 Å². The van der Waals surface area contributed by atoms with E-state index in [4.69, 9.17) is 0 Å². The van der Waals surface area contributed by atoms with Crippen LogP contribution in [0, 0.1) is 5.92 Å². The van der Waals surface area contributed by atoms with Crippen LogP contribution in [-0.4, -0.2) is 74.4 Å². The molecule has 0 spiro atoms. The van der Waals surface area contributed by atoms with Crippen LogP contribution < -0.4 is 10.2 Å². The van der Waals surface area contributed by atoms with Crippen molar-refractivity contribution < 1.29 is 18.0 Å². The molecule has 2 aliphatic rings. The molecule has 1 saturated carbocycles. The Morgan fingerprint density at radius 2 is 1.91 bits per heavy atom. The summed E-state index contributed by atoms with van der Waals surface area (Å²) in [5.74, 6) is 0.513. The average Bonchev–Trinajstić information content (AvgIpc) is 3.27. The fourth-order valence-electron chi connectivity index (χ4n) is 5.10. The maximum Gasteiger partial charge on any atom is 0.409 e. The number of hydrogen-bond donors (Lipinski definition) is 1. The third-order valence-electron chi connectivity index (χ3n) is 7.06. The fraction of sp³-hybridized carbons (Fsp3) is 0.625. The Labute approximate surface area is 197 Å². The quantitative estimate of drug-likeness (QED) is 0.639. The zero-order valence-corrected chi connectivity index (χ0v) is 20.1. The molecule has 1 aliphatic carbocycles. The van der Waals surface area contributed by atoms with E-state index in [2.05, 4.69) is 5.32 Å². The zero-order valence-electron chi connectivity index (χ0n) is 19.3. The lowest BCUT2D eigenvalue weighted by Gasteiger charge is -2.44. The molecule has 9 heteroatoms. The van der Waals surface area contributed by atoms with E-state index < -0.39 is 12.2 Å². The van der Waals surface area contributed by atoms with Gasteiger partial charge in [-0.15, -0.1) is 11.3 Å². The molecule has 182 valence electrons. The van der Waals surface area contributed by atoms with Crippen molar-refractivity contribution in [2.45, 2.75) is 50.4 Å². The number of nitrogens with one attached hydrogen (secondary N) is 1. The minimum Gasteiger partial charge on any atom is -0.357 e. The number of amides is 2. The van der Waals surface area contributed by atoms with E-state index in [1.807, 2.05) is 34.5 Å². The van der Waals surface area contributed by atoms with Gasteiger partial charge in [0.15, 0.2) is 0 Å². The number of fused-ring (bicyclic) bond motifs is 1. The van der Waals surface area contributed by atoms with Gasteiger partial charge in [0, 0.05) is 55.5 Å². The number of urea groups is 1. The summed E-state index contributed by atoms with van der Waals surface area (Å²) < 4.78 is 43.2. The predicted molar refractivity (Wildman–Crippen MR) is 128 cm³/mol. The molecule has 1 atom stereocenters. The molecule has 1 N–H and O–H groups in total. The first-order valence-electron chi connectivity index (χ1n) is 11.7. The van der Waals surface area contributed by atoms with E-state index >= 15 is 0 Å². The minimum absolute atomic E-state index is 0.0122. The highest BCUT2D eigenvalue weighted by Gasteiger charge is 2.46. The number of anilines is 1. The van der Waals surface area contributed by atoms with Crippen LogP contribution in [0.2, 0.25) is 0 Å². The molecule has 2 aromatic rings. The van der Waals surface area contributed by atoms with Gasteiger partial charge < -0.3 is 15.1 Å². The number of alkyl halides is 3. The van der Waals surface area contributed by atoms with Crippen molar-refractivity contribution in [2.75, 3.05) is 45.2 Å². The Morgan fingerprint density at radius 3 is 2.61 bits per heavy atom. The van der Waals surface area contributed by atoms with Gasteiger partial charge in [-0.3, -0.25) is 4.90 Å². The van der Waals surface area contributed by atoms with Crippen molar-refractivity contribution in [1.82, 2.24) is 15.1 Å². The number of halogens is 3. The van der Waals surface area contributed by atoms with Crippen LogP contribution in [0.3, 0.4) is 0 Å². The minimum atomic E-state index is -4.28. The molecule has 1 aliphatic heterocycles. The lowest BCUT2D eigenvalue weighted by Crippen LogP contribution is -2.59. The van der Waals surface area contributed by atoms with E-state index in [0.29, 0.717) is 31.2 Å². The van der Waals surface area contributed by atoms with Gasteiger partial charge in [-0.25, -0.2) is 4.79 Å². The lowest BCUT2D eigenvalue weighted by atomic mass is 9.84. The average molecular weight is 483 g/mol. The highest BCUT2D eigenvalue weighted by molar-refractivity contribution is 7.17. The van der Waals surface area contributed by atoms with Gasteiger partial charge in [0.05, 0.1) is 0 Å². The number of thiophene rings is 1. The summed E-state index contributed by atoms with van der Waals surface area (Å²) >= 11 is 1.56. The molecule has 1 saturated heterocycles. The van der Waals surface area contributed by atoms with E-state index in [-0.39, 0.29) is 18.6 Å². The first-order valence-corrected chi connectivity index (χ1v) is 12.6. The van der Waals surface area contributed by atoms with Crippen LogP contribution in [0.25, 0.3) is 10.1 Å². The molecular weight excluding hydrogens is 449 g/mol. The highest BCUT2D eigenvalue weighted by atomic mass is 32.1. The number of piperazine rings is 1. The van der Waals surface area contributed by atoms with Gasteiger partial charge in [0.2, 0.25) is 0 Å². The molecule has 4 rings (SSSR count). The second-order valence-electron chi connectivity index (χ2n) is 9.51. The molecular formula is C24H33F3N4OS. The first-order chi connectivity index (χ1) is 15.7. The summed E-state index contributed by atoms with van der Waals surface area (Å²) in [5, 5.41) is 5.89. The van der Waals surface area contributed by atoms with Crippen molar-refractivity contribution >= 4 is 33.1 Å². The zero-order chi connectivity index (χ0) is 23.6. The van der Waals surface area contributed by atoms with Crippen LogP contribution in [0.15, 0.2) is 29.6 Å². The van der Waals surface area contributed by atoms with Crippen LogP contribution in [-0.2, 0) is 0 Å². The van der Waals surface area contributed by atoms with Gasteiger partial charge in [-0.05, 0) is 68.1 Å². The van der Waals surface area contributed by atoms with Crippen molar-refractivity contribution in [2.24, 2.45) is 5.92 Å². The van der Waals surface area contributed by atoms with Gasteiger partial charge in [0.25, 0.3) is 0 Å².